The number of nitrogens with one attached hydrogen (secondary N) is 1. The Balaban J connectivity index is 1.43. The molecule has 0 spiro atoms. The number of likely N-dealkylation sites (tertiary alicyclic amines) is 1. The fourth-order valence-corrected chi connectivity index (χ4v) is 2.86. The second-order valence-electron chi connectivity index (χ2n) is 5.89. The molecule has 1 saturated carbocycles. The quantitative estimate of drug-likeness (QED) is 0.890. The van der Waals surface area contributed by atoms with Crippen LogP contribution in [0.1, 0.15) is 43.9 Å². The third-order valence-corrected chi connectivity index (χ3v) is 4.38. The van der Waals surface area contributed by atoms with Gasteiger partial charge >= 0.3 is 0 Å². The molecule has 1 aliphatic carbocycles. The number of amides is 1. The van der Waals surface area contributed by atoms with E-state index in [-0.39, 0.29) is 0 Å². The Kier molecular flexibility index (Phi) is 4.05. The van der Waals surface area contributed by atoms with Gasteiger partial charge in [-0.05, 0) is 32.1 Å². The molecule has 2 heterocycles. The third-order valence-electron chi connectivity index (χ3n) is 4.38. The Morgan fingerprint density at radius 3 is 2.80 bits per heavy atom. The molecule has 2 aliphatic rings. The van der Waals surface area contributed by atoms with Crippen molar-refractivity contribution in [2.24, 2.45) is 5.92 Å². The van der Waals surface area contributed by atoms with Gasteiger partial charge in [-0.15, -0.1) is 0 Å². The van der Waals surface area contributed by atoms with E-state index in [1.807, 2.05) is 4.90 Å². The highest BCUT2D eigenvalue weighted by molar-refractivity contribution is 5.81. The van der Waals surface area contributed by atoms with Crippen LogP contribution in [0.4, 0.5) is 0 Å². The zero-order valence-electron chi connectivity index (χ0n) is 12.1. The van der Waals surface area contributed by atoms with Crippen LogP contribution in [-0.4, -0.2) is 35.1 Å². The van der Waals surface area contributed by atoms with Gasteiger partial charge in [0.2, 0.25) is 5.91 Å². The van der Waals surface area contributed by atoms with Gasteiger partial charge in [-0.3, -0.25) is 4.79 Å². The van der Waals surface area contributed by atoms with Crippen molar-refractivity contribution < 1.29 is 9.32 Å². The molecule has 1 aromatic heterocycles. The minimum atomic E-state index is 0.351. The molecule has 1 aliphatic heterocycles. The molecule has 0 radical (unpaired) electrons. The predicted octanol–water partition coefficient (Wildman–Crippen LogP) is 1.73. The van der Waals surface area contributed by atoms with Gasteiger partial charge in [-0.2, -0.15) is 0 Å². The van der Waals surface area contributed by atoms with Crippen LogP contribution in [0.5, 0.6) is 0 Å². The molecule has 5 nitrogen and oxygen atoms in total. The summed E-state index contributed by atoms with van der Waals surface area (Å²) in [6.07, 6.45) is 6.93. The van der Waals surface area contributed by atoms with E-state index in [4.69, 9.17) is 4.52 Å². The SMILES string of the molecule is CCc1nocc1CNC1CCN(C(=O)C2CC2)CC1. The molecule has 0 unspecified atom stereocenters. The van der Waals surface area contributed by atoms with Gasteiger partial charge in [-0.25, -0.2) is 0 Å². The summed E-state index contributed by atoms with van der Waals surface area (Å²) in [5.41, 5.74) is 2.20. The molecular formula is C15H23N3O2. The summed E-state index contributed by atoms with van der Waals surface area (Å²) in [5.74, 6) is 0.736. The first-order chi connectivity index (χ1) is 9.78. The molecule has 1 amide bonds. The van der Waals surface area contributed by atoms with Crippen molar-refractivity contribution in [3.63, 3.8) is 0 Å². The van der Waals surface area contributed by atoms with E-state index in [9.17, 15) is 4.79 Å². The maximum Gasteiger partial charge on any atom is 0.225 e. The van der Waals surface area contributed by atoms with Crippen molar-refractivity contribution in [2.75, 3.05) is 13.1 Å². The lowest BCUT2D eigenvalue weighted by Gasteiger charge is -2.32. The summed E-state index contributed by atoms with van der Waals surface area (Å²) in [5, 5.41) is 7.56. The Morgan fingerprint density at radius 2 is 2.15 bits per heavy atom. The van der Waals surface area contributed by atoms with Crippen molar-refractivity contribution in [2.45, 2.75) is 51.6 Å². The first kappa shape index (κ1) is 13.6. The Bertz CT molecular complexity index is 459. The second kappa shape index (κ2) is 5.95. The van der Waals surface area contributed by atoms with Crippen molar-refractivity contribution in [1.82, 2.24) is 15.4 Å². The first-order valence-corrected chi connectivity index (χ1v) is 7.72. The Morgan fingerprint density at radius 1 is 1.40 bits per heavy atom. The highest BCUT2D eigenvalue weighted by Crippen LogP contribution is 2.31. The van der Waals surface area contributed by atoms with E-state index in [1.54, 1.807) is 6.26 Å². The van der Waals surface area contributed by atoms with E-state index in [1.165, 1.54) is 0 Å². The monoisotopic (exact) mass is 277 g/mol. The maximum atomic E-state index is 12.0. The minimum Gasteiger partial charge on any atom is -0.364 e. The molecule has 20 heavy (non-hydrogen) atoms. The van der Waals surface area contributed by atoms with Crippen molar-refractivity contribution in [3.05, 3.63) is 17.5 Å². The second-order valence-corrected chi connectivity index (χ2v) is 5.89. The van der Waals surface area contributed by atoms with E-state index in [0.717, 1.165) is 63.0 Å². The summed E-state index contributed by atoms with van der Waals surface area (Å²) < 4.78 is 5.02. The summed E-state index contributed by atoms with van der Waals surface area (Å²) >= 11 is 0. The number of rotatable bonds is 5. The summed E-state index contributed by atoms with van der Waals surface area (Å²) in [7, 11) is 0. The molecular weight excluding hydrogens is 254 g/mol. The zero-order chi connectivity index (χ0) is 13.9. The fourth-order valence-electron chi connectivity index (χ4n) is 2.86. The topological polar surface area (TPSA) is 58.4 Å². The van der Waals surface area contributed by atoms with Gasteiger partial charge in [0.05, 0.1) is 5.69 Å². The normalized spacial score (nSPS) is 20.4. The maximum absolute atomic E-state index is 12.0. The molecule has 0 atom stereocenters. The van der Waals surface area contributed by atoms with Crippen molar-refractivity contribution >= 4 is 5.91 Å². The van der Waals surface area contributed by atoms with Crippen LogP contribution >= 0.6 is 0 Å². The van der Waals surface area contributed by atoms with Crippen LogP contribution < -0.4 is 5.32 Å². The van der Waals surface area contributed by atoms with Crippen LogP contribution in [-0.2, 0) is 17.8 Å². The highest BCUT2D eigenvalue weighted by atomic mass is 16.5. The number of carbonyl (C=O) groups is 1. The van der Waals surface area contributed by atoms with E-state index < -0.39 is 0 Å². The number of aryl methyl sites for hydroxylation is 1. The van der Waals surface area contributed by atoms with E-state index in [2.05, 4.69) is 17.4 Å². The van der Waals surface area contributed by atoms with E-state index in [0.29, 0.717) is 17.9 Å². The number of hydrogen-bond acceptors (Lipinski definition) is 4. The molecule has 1 saturated heterocycles. The van der Waals surface area contributed by atoms with Gasteiger partial charge in [-0.1, -0.05) is 12.1 Å². The molecule has 0 aromatic carbocycles. The smallest absolute Gasteiger partial charge is 0.225 e. The number of piperidine rings is 1. The van der Waals surface area contributed by atoms with Gasteiger partial charge in [0.25, 0.3) is 0 Å². The lowest BCUT2D eigenvalue weighted by molar-refractivity contribution is -0.133. The van der Waals surface area contributed by atoms with E-state index >= 15 is 0 Å². The largest absolute Gasteiger partial charge is 0.364 e. The lowest BCUT2D eigenvalue weighted by atomic mass is 10.0. The predicted molar refractivity (Wildman–Crippen MR) is 75.0 cm³/mol. The van der Waals surface area contributed by atoms with Crippen LogP contribution in [0.3, 0.4) is 0 Å². The number of hydrogen-bond donors (Lipinski definition) is 1. The number of aromatic nitrogens is 1. The van der Waals surface area contributed by atoms with Gasteiger partial charge in [0.1, 0.15) is 6.26 Å². The van der Waals surface area contributed by atoms with Gasteiger partial charge in [0.15, 0.2) is 0 Å². The Hall–Kier alpha value is -1.36. The third kappa shape index (κ3) is 3.03. The number of carbonyl (C=O) groups excluding carboxylic acids is 1. The standard InChI is InChI=1S/C15H23N3O2/c1-2-14-12(10-20-17-14)9-16-13-5-7-18(8-6-13)15(19)11-3-4-11/h10-11,13,16H,2-9H2,1H3. The average Bonchev–Trinajstić information content (AvgIpc) is 3.24. The van der Waals surface area contributed by atoms with Crippen molar-refractivity contribution in [1.29, 1.82) is 0 Å². The minimum absolute atomic E-state index is 0.351. The molecule has 2 fully saturated rings. The zero-order valence-corrected chi connectivity index (χ0v) is 12.1. The van der Waals surface area contributed by atoms with Gasteiger partial charge < -0.3 is 14.7 Å². The number of nitrogens with zero attached hydrogens (tertiary/aromatic N) is 2. The summed E-state index contributed by atoms with van der Waals surface area (Å²) in [6, 6.07) is 0.498. The molecule has 3 rings (SSSR count). The first-order valence-electron chi connectivity index (χ1n) is 7.72. The fraction of sp³-hybridized carbons (Fsp3) is 0.733. The Labute approximate surface area is 119 Å². The summed E-state index contributed by atoms with van der Waals surface area (Å²) in [4.78, 5) is 14.0. The van der Waals surface area contributed by atoms with Crippen LogP contribution in [0.25, 0.3) is 0 Å². The molecule has 1 aromatic rings. The molecule has 5 heteroatoms. The molecule has 0 bridgehead atoms. The molecule has 1 N–H and O–H groups in total. The lowest BCUT2D eigenvalue weighted by Crippen LogP contribution is -2.45. The summed E-state index contributed by atoms with van der Waals surface area (Å²) in [6.45, 7) is 4.70. The van der Waals surface area contributed by atoms with Crippen LogP contribution in [0.2, 0.25) is 0 Å². The van der Waals surface area contributed by atoms with Crippen LogP contribution in [0, 0.1) is 5.92 Å². The van der Waals surface area contributed by atoms with Crippen LogP contribution in [0.15, 0.2) is 10.8 Å². The average molecular weight is 277 g/mol. The molecule has 110 valence electrons. The van der Waals surface area contributed by atoms with Gasteiger partial charge in [0, 0.05) is 37.2 Å². The highest BCUT2D eigenvalue weighted by Gasteiger charge is 2.34. The van der Waals surface area contributed by atoms with Crippen molar-refractivity contribution in [3.8, 4) is 0 Å².